The van der Waals surface area contributed by atoms with E-state index in [-0.39, 0.29) is 23.8 Å². The van der Waals surface area contributed by atoms with Crippen molar-refractivity contribution < 1.29 is 14.4 Å². The van der Waals surface area contributed by atoms with Crippen molar-refractivity contribution in [3.8, 4) is 0 Å². The van der Waals surface area contributed by atoms with Crippen LogP contribution in [0.15, 0.2) is 0 Å². The number of ketones is 1. The lowest BCUT2D eigenvalue weighted by atomic mass is 9.81. The normalized spacial score (nSPS) is 18.9. The summed E-state index contributed by atoms with van der Waals surface area (Å²) in [5.41, 5.74) is 0. The van der Waals surface area contributed by atoms with Crippen LogP contribution in [0, 0.1) is 11.8 Å². The topological polar surface area (TPSA) is 81.8 Å². The summed E-state index contributed by atoms with van der Waals surface area (Å²) >= 11 is 0. The Balaban J connectivity index is 2.66. The molecule has 25 heavy (non-hydrogen) atoms. The number of nitrogens with one attached hydrogen (secondary N) is 2. The average molecular weight is 354 g/mol. The van der Waals surface area contributed by atoms with Crippen molar-refractivity contribution in [2.75, 3.05) is 47.3 Å². The molecule has 0 aromatic rings. The third kappa shape index (κ3) is 7.52. The second-order valence-electron chi connectivity index (χ2n) is 7.11. The molecule has 0 saturated heterocycles. The number of imide groups is 1. The Labute approximate surface area is 151 Å². The summed E-state index contributed by atoms with van der Waals surface area (Å²) in [6.07, 6.45) is 3.78. The second-order valence-corrected chi connectivity index (χ2v) is 7.11. The smallest absolute Gasteiger partial charge is 0.324 e. The van der Waals surface area contributed by atoms with Gasteiger partial charge in [-0.2, -0.15) is 0 Å². The number of carbonyl (C=O) groups is 3. The van der Waals surface area contributed by atoms with Gasteiger partial charge < -0.3 is 15.5 Å². The average Bonchev–Trinajstić information content (AvgIpc) is 2.54. The summed E-state index contributed by atoms with van der Waals surface area (Å²) in [6.45, 7) is 3.90. The molecule has 144 valence electrons. The fourth-order valence-corrected chi connectivity index (χ4v) is 3.34. The van der Waals surface area contributed by atoms with Crippen LogP contribution in [0.3, 0.4) is 0 Å². The highest BCUT2D eigenvalue weighted by Gasteiger charge is 2.31. The number of Topliss-reactive ketones (excluding diaryl/α,β-unsaturated/α-hetero) is 1. The quantitative estimate of drug-likeness (QED) is 0.648. The van der Waals surface area contributed by atoms with E-state index in [0.29, 0.717) is 44.7 Å². The van der Waals surface area contributed by atoms with E-state index in [9.17, 15) is 14.4 Å². The summed E-state index contributed by atoms with van der Waals surface area (Å²) in [7, 11) is 5.67. The van der Waals surface area contributed by atoms with Crippen molar-refractivity contribution in [2.45, 2.75) is 39.0 Å². The van der Waals surface area contributed by atoms with E-state index in [4.69, 9.17) is 0 Å². The monoisotopic (exact) mass is 354 g/mol. The molecule has 1 aliphatic rings. The second kappa shape index (κ2) is 11.2. The van der Waals surface area contributed by atoms with Gasteiger partial charge in [-0.25, -0.2) is 4.79 Å². The third-order valence-corrected chi connectivity index (χ3v) is 4.66. The minimum absolute atomic E-state index is 0.155. The first-order valence-electron chi connectivity index (χ1n) is 9.29. The highest BCUT2D eigenvalue weighted by Crippen LogP contribution is 2.28. The molecule has 0 spiro atoms. The predicted octanol–water partition coefficient (Wildman–Crippen LogP) is 1.09. The summed E-state index contributed by atoms with van der Waals surface area (Å²) in [6, 6.07) is -0.338. The number of likely N-dealkylation sites (N-methyl/N-ethyl adjacent to an activating group) is 1. The Bertz CT molecular complexity index is 454. The lowest BCUT2D eigenvalue weighted by molar-refractivity contribution is -0.133. The number of rotatable bonds is 9. The highest BCUT2D eigenvalue weighted by atomic mass is 16.2. The molecule has 1 fully saturated rings. The zero-order valence-corrected chi connectivity index (χ0v) is 16.1. The molecule has 0 aromatic heterocycles. The first-order chi connectivity index (χ1) is 11.9. The zero-order chi connectivity index (χ0) is 18.8. The van der Waals surface area contributed by atoms with Gasteiger partial charge in [-0.15, -0.1) is 0 Å². The van der Waals surface area contributed by atoms with Crippen LogP contribution in [0.1, 0.15) is 39.0 Å². The van der Waals surface area contributed by atoms with Gasteiger partial charge >= 0.3 is 6.03 Å². The Morgan fingerprint density at radius 1 is 1.32 bits per heavy atom. The summed E-state index contributed by atoms with van der Waals surface area (Å²) in [5, 5.41) is 5.86. The van der Waals surface area contributed by atoms with Crippen molar-refractivity contribution in [1.82, 2.24) is 20.4 Å². The lowest BCUT2D eigenvalue weighted by Gasteiger charge is -2.29. The Hall–Kier alpha value is -1.47. The summed E-state index contributed by atoms with van der Waals surface area (Å²) in [5.74, 6) is 0.109. The van der Waals surface area contributed by atoms with Crippen LogP contribution < -0.4 is 10.6 Å². The van der Waals surface area contributed by atoms with E-state index in [1.807, 2.05) is 25.9 Å². The van der Waals surface area contributed by atoms with Crippen molar-refractivity contribution in [3.05, 3.63) is 0 Å². The van der Waals surface area contributed by atoms with E-state index in [0.717, 1.165) is 19.4 Å². The van der Waals surface area contributed by atoms with Crippen molar-refractivity contribution in [3.63, 3.8) is 0 Å². The number of amides is 3. The van der Waals surface area contributed by atoms with Gasteiger partial charge in [0.2, 0.25) is 5.91 Å². The predicted molar refractivity (Wildman–Crippen MR) is 98.3 cm³/mol. The van der Waals surface area contributed by atoms with E-state index in [1.54, 1.807) is 7.05 Å². The molecule has 0 bridgehead atoms. The van der Waals surface area contributed by atoms with Gasteiger partial charge in [0.1, 0.15) is 5.78 Å². The minimum Gasteiger partial charge on any atom is -0.336 e. The molecule has 0 heterocycles. The Morgan fingerprint density at radius 2 is 2.04 bits per heavy atom. The standard InChI is InChI=1S/C18H34N4O3/c1-5-22(18(25)20-9-10-21(3)4)17(24)15(13-19-2)11-14-7-6-8-16(23)12-14/h14-15,19H,5-13H2,1-4H3,(H,20,25). The third-order valence-electron chi connectivity index (χ3n) is 4.66. The van der Waals surface area contributed by atoms with E-state index in [1.165, 1.54) is 4.90 Å². The molecule has 0 aliphatic heterocycles. The summed E-state index contributed by atoms with van der Waals surface area (Å²) in [4.78, 5) is 40.2. The molecule has 7 heteroatoms. The molecule has 2 atom stereocenters. The fourth-order valence-electron chi connectivity index (χ4n) is 3.34. The molecule has 1 saturated carbocycles. The van der Waals surface area contributed by atoms with Crippen LogP contribution in [0.2, 0.25) is 0 Å². The van der Waals surface area contributed by atoms with Crippen LogP contribution in [-0.4, -0.2) is 74.8 Å². The molecule has 0 aromatic carbocycles. The number of nitrogens with zero attached hydrogens (tertiary/aromatic N) is 2. The molecule has 3 amide bonds. The Morgan fingerprint density at radius 3 is 2.60 bits per heavy atom. The number of hydrogen-bond donors (Lipinski definition) is 2. The first kappa shape index (κ1) is 21.6. The molecule has 7 nitrogen and oxygen atoms in total. The SMILES string of the molecule is CCN(C(=O)NCCN(C)C)C(=O)C(CNC)CC1CCCC(=O)C1. The fraction of sp³-hybridized carbons (Fsp3) is 0.833. The minimum atomic E-state index is -0.338. The number of urea groups is 1. The largest absolute Gasteiger partial charge is 0.336 e. The van der Waals surface area contributed by atoms with Gasteiger partial charge in [-0.05, 0) is 53.2 Å². The van der Waals surface area contributed by atoms with E-state index in [2.05, 4.69) is 10.6 Å². The van der Waals surface area contributed by atoms with Crippen molar-refractivity contribution in [2.24, 2.45) is 11.8 Å². The van der Waals surface area contributed by atoms with Crippen LogP contribution in [-0.2, 0) is 9.59 Å². The van der Waals surface area contributed by atoms with Gasteiger partial charge in [-0.1, -0.05) is 0 Å². The summed E-state index contributed by atoms with van der Waals surface area (Å²) < 4.78 is 0. The molecule has 2 unspecified atom stereocenters. The number of carbonyl (C=O) groups excluding carboxylic acids is 3. The van der Waals surface area contributed by atoms with Crippen LogP contribution in [0.25, 0.3) is 0 Å². The van der Waals surface area contributed by atoms with Gasteiger partial charge in [-0.3, -0.25) is 14.5 Å². The lowest BCUT2D eigenvalue weighted by Crippen LogP contribution is -2.49. The van der Waals surface area contributed by atoms with E-state index < -0.39 is 0 Å². The molecule has 1 rings (SSSR count). The van der Waals surface area contributed by atoms with Crippen LogP contribution in [0.4, 0.5) is 4.79 Å². The maximum absolute atomic E-state index is 12.9. The van der Waals surface area contributed by atoms with Gasteiger partial charge in [0.25, 0.3) is 0 Å². The molecular weight excluding hydrogens is 320 g/mol. The maximum atomic E-state index is 12.9. The number of hydrogen-bond acceptors (Lipinski definition) is 5. The highest BCUT2D eigenvalue weighted by molar-refractivity contribution is 5.95. The maximum Gasteiger partial charge on any atom is 0.324 e. The van der Waals surface area contributed by atoms with Crippen molar-refractivity contribution in [1.29, 1.82) is 0 Å². The van der Waals surface area contributed by atoms with Crippen LogP contribution in [0.5, 0.6) is 0 Å². The van der Waals surface area contributed by atoms with Gasteiger partial charge in [0, 0.05) is 39.0 Å². The van der Waals surface area contributed by atoms with Crippen LogP contribution >= 0.6 is 0 Å². The Kier molecular flexibility index (Phi) is 9.67. The zero-order valence-electron chi connectivity index (χ0n) is 16.1. The van der Waals surface area contributed by atoms with E-state index >= 15 is 0 Å². The van der Waals surface area contributed by atoms with Gasteiger partial charge in [0.15, 0.2) is 0 Å². The molecule has 1 aliphatic carbocycles. The first-order valence-corrected chi connectivity index (χ1v) is 9.29. The molecule has 0 radical (unpaired) electrons. The van der Waals surface area contributed by atoms with Gasteiger partial charge in [0.05, 0.1) is 5.92 Å². The van der Waals surface area contributed by atoms with Crippen molar-refractivity contribution >= 4 is 17.7 Å². The molecular formula is C18H34N4O3. The molecule has 2 N–H and O–H groups in total.